The van der Waals surface area contributed by atoms with Gasteiger partial charge in [0.2, 0.25) is 0 Å². The van der Waals surface area contributed by atoms with Crippen molar-refractivity contribution in [2.45, 2.75) is 18.9 Å². The van der Waals surface area contributed by atoms with Gasteiger partial charge in [-0.2, -0.15) is 0 Å². The fourth-order valence-electron chi connectivity index (χ4n) is 3.35. The number of hydrogen-bond donors (Lipinski definition) is 1. The highest BCUT2D eigenvalue weighted by molar-refractivity contribution is 6.31. The van der Waals surface area contributed by atoms with E-state index in [2.05, 4.69) is 0 Å². The Hall–Kier alpha value is -2.25. The first-order chi connectivity index (χ1) is 12.8. The lowest BCUT2D eigenvalue weighted by atomic mass is 10.0. The number of rotatable bonds is 4. The maximum atomic E-state index is 13.9. The summed E-state index contributed by atoms with van der Waals surface area (Å²) in [5, 5.41) is 9.51. The second kappa shape index (κ2) is 7.78. The topological polar surface area (TPSA) is 43.8 Å². The summed E-state index contributed by atoms with van der Waals surface area (Å²) < 4.78 is 41.3. The van der Waals surface area contributed by atoms with Crippen LogP contribution in [-0.2, 0) is 0 Å². The minimum atomic E-state index is -1.28. The maximum Gasteiger partial charge on any atom is 0.411 e. The molecule has 1 heterocycles. The number of carboxylic acid groups (broad SMARTS) is 1. The summed E-state index contributed by atoms with van der Waals surface area (Å²) in [6, 6.07) is 5.43. The molecule has 1 fully saturated rings. The van der Waals surface area contributed by atoms with E-state index in [4.69, 9.17) is 11.6 Å². The van der Waals surface area contributed by atoms with Gasteiger partial charge in [-0.1, -0.05) is 17.7 Å². The number of benzene rings is 2. The van der Waals surface area contributed by atoms with Crippen molar-refractivity contribution in [2.24, 2.45) is 0 Å². The average molecular weight is 399 g/mol. The fourth-order valence-corrected chi connectivity index (χ4v) is 3.54. The molecule has 1 amide bonds. The number of likely N-dealkylation sites (N-methyl/N-ethyl adjacent to an activating group) is 1. The minimum absolute atomic E-state index is 0.00984. The van der Waals surface area contributed by atoms with Crippen LogP contribution in [0.2, 0.25) is 5.02 Å². The number of likely N-dealkylation sites (tertiary alicyclic amines) is 1. The van der Waals surface area contributed by atoms with E-state index in [1.807, 2.05) is 11.9 Å². The van der Waals surface area contributed by atoms with E-state index in [9.17, 15) is 23.1 Å². The number of amides is 1. The first-order valence-electron chi connectivity index (χ1n) is 8.43. The molecule has 144 valence electrons. The van der Waals surface area contributed by atoms with Gasteiger partial charge in [0.15, 0.2) is 11.6 Å². The number of halogens is 4. The Bertz CT molecular complexity index is 878. The van der Waals surface area contributed by atoms with Crippen LogP contribution in [-0.4, -0.2) is 42.3 Å². The van der Waals surface area contributed by atoms with Gasteiger partial charge in [-0.3, -0.25) is 4.90 Å². The summed E-state index contributed by atoms with van der Waals surface area (Å²) in [4.78, 5) is 14.9. The smallest absolute Gasteiger partial charge is 0.411 e. The van der Waals surface area contributed by atoms with E-state index in [1.165, 1.54) is 12.1 Å². The first-order valence-corrected chi connectivity index (χ1v) is 8.81. The zero-order valence-electron chi connectivity index (χ0n) is 14.6. The van der Waals surface area contributed by atoms with E-state index in [0.29, 0.717) is 5.56 Å². The highest BCUT2D eigenvalue weighted by Crippen LogP contribution is 2.35. The monoisotopic (exact) mass is 398 g/mol. The lowest BCUT2D eigenvalue weighted by molar-refractivity contribution is 0.198. The molecule has 0 aromatic heterocycles. The maximum absolute atomic E-state index is 13.9. The van der Waals surface area contributed by atoms with E-state index in [-0.39, 0.29) is 28.9 Å². The molecule has 1 unspecified atom stereocenters. The second-order valence-corrected chi connectivity index (χ2v) is 6.99. The Morgan fingerprint density at radius 1 is 1.22 bits per heavy atom. The average Bonchev–Trinajstić information content (AvgIpc) is 3.02. The molecule has 8 heteroatoms. The molecule has 0 spiro atoms. The molecule has 0 radical (unpaired) electrons. The van der Waals surface area contributed by atoms with Crippen molar-refractivity contribution in [1.29, 1.82) is 0 Å². The van der Waals surface area contributed by atoms with Crippen molar-refractivity contribution in [2.75, 3.05) is 25.0 Å². The molecule has 2 aromatic rings. The van der Waals surface area contributed by atoms with Gasteiger partial charge < -0.3 is 10.0 Å². The molecule has 1 saturated heterocycles. The third-order valence-electron chi connectivity index (χ3n) is 4.86. The Labute approximate surface area is 159 Å². The third-order valence-corrected chi connectivity index (χ3v) is 5.15. The number of nitrogens with zero attached hydrogens (tertiary/aromatic N) is 2. The van der Waals surface area contributed by atoms with Crippen LogP contribution in [0.4, 0.5) is 23.7 Å². The van der Waals surface area contributed by atoms with Gasteiger partial charge in [-0.25, -0.2) is 18.0 Å². The van der Waals surface area contributed by atoms with Gasteiger partial charge in [0.05, 0.1) is 10.7 Å². The molecule has 2 aromatic carbocycles. The molecule has 27 heavy (non-hydrogen) atoms. The standard InChI is InChI=1S/C19H18ClF3N2O2/c1-24-6-2-3-12(24)10-25(19(26)27)18-9-17(23)16(22)8-13(18)11-4-5-15(21)14(20)7-11/h4-5,7-9,12H,2-3,6,10H2,1H3,(H,26,27). The van der Waals surface area contributed by atoms with Crippen LogP contribution >= 0.6 is 11.6 Å². The number of hydrogen-bond acceptors (Lipinski definition) is 2. The Balaban J connectivity index is 2.09. The minimum Gasteiger partial charge on any atom is -0.465 e. The number of carbonyl (C=O) groups is 1. The Kier molecular flexibility index (Phi) is 5.62. The molecule has 3 rings (SSSR count). The predicted molar refractivity (Wildman–Crippen MR) is 97.8 cm³/mol. The van der Waals surface area contributed by atoms with Crippen LogP contribution in [0.3, 0.4) is 0 Å². The molecule has 0 saturated carbocycles. The van der Waals surface area contributed by atoms with Crippen LogP contribution in [0.15, 0.2) is 30.3 Å². The van der Waals surface area contributed by atoms with Crippen molar-refractivity contribution in [1.82, 2.24) is 4.90 Å². The van der Waals surface area contributed by atoms with Crippen molar-refractivity contribution < 1.29 is 23.1 Å². The normalized spacial score (nSPS) is 17.3. The van der Waals surface area contributed by atoms with Crippen LogP contribution in [0.5, 0.6) is 0 Å². The Morgan fingerprint density at radius 2 is 1.93 bits per heavy atom. The highest BCUT2D eigenvalue weighted by atomic mass is 35.5. The van der Waals surface area contributed by atoms with Gasteiger partial charge >= 0.3 is 6.09 Å². The van der Waals surface area contributed by atoms with Gasteiger partial charge in [0.1, 0.15) is 5.82 Å². The van der Waals surface area contributed by atoms with Gasteiger partial charge in [-0.05, 0) is 50.2 Å². The summed E-state index contributed by atoms with van der Waals surface area (Å²) in [6.07, 6.45) is 0.463. The molecular formula is C19H18ClF3N2O2. The SMILES string of the molecule is CN1CCCC1CN(C(=O)O)c1cc(F)c(F)cc1-c1ccc(F)c(Cl)c1. The van der Waals surface area contributed by atoms with Gasteiger partial charge in [-0.15, -0.1) is 0 Å². The first kappa shape index (κ1) is 19.5. The van der Waals surface area contributed by atoms with Crippen molar-refractivity contribution in [3.63, 3.8) is 0 Å². The molecular weight excluding hydrogens is 381 g/mol. The summed E-state index contributed by atoms with van der Waals surface area (Å²) in [6.45, 7) is 0.954. The van der Waals surface area contributed by atoms with Crippen LogP contribution in [0.25, 0.3) is 11.1 Å². The lowest BCUT2D eigenvalue weighted by Crippen LogP contribution is -2.41. The second-order valence-electron chi connectivity index (χ2n) is 6.58. The molecule has 0 aliphatic carbocycles. The number of anilines is 1. The summed E-state index contributed by atoms with van der Waals surface area (Å²) in [7, 11) is 1.89. The van der Waals surface area contributed by atoms with E-state index >= 15 is 0 Å². The third kappa shape index (κ3) is 4.04. The zero-order chi connectivity index (χ0) is 19.7. The molecule has 4 nitrogen and oxygen atoms in total. The molecule has 1 aliphatic rings. The van der Waals surface area contributed by atoms with Gasteiger partial charge in [0.25, 0.3) is 0 Å². The van der Waals surface area contributed by atoms with Crippen LogP contribution < -0.4 is 4.90 Å². The lowest BCUT2D eigenvalue weighted by Gasteiger charge is -2.28. The van der Waals surface area contributed by atoms with Crippen molar-refractivity contribution in [3.8, 4) is 11.1 Å². The summed E-state index contributed by atoms with van der Waals surface area (Å²) in [5.74, 6) is -2.95. The van der Waals surface area contributed by atoms with Crippen LogP contribution in [0.1, 0.15) is 12.8 Å². The zero-order valence-corrected chi connectivity index (χ0v) is 15.3. The molecule has 1 atom stereocenters. The van der Waals surface area contributed by atoms with Crippen molar-refractivity contribution >= 4 is 23.4 Å². The quantitative estimate of drug-likeness (QED) is 0.788. The fraction of sp³-hybridized carbons (Fsp3) is 0.316. The molecule has 1 aliphatic heterocycles. The van der Waals surface area contributed by atoms with E-state index < -0.39 is 23.5 Å². The molecule has 1 N–H and O–H groups in total. The van der Waals surface area contributed by atoms with Gasteiger partial charge in [0, 0.05) is 24.2 Å². The Morgan fingerprint density at radius 3 is 2.52 bits per heavy atom. The predicted octanol–water partition coefficient (Wildman–Crippen LogP) is 5.00. The van der Waals surface area contributed by atoms with Crippen LogP contribution in [0, 0.1) is 17.5 Å². The summed E-state index contributed by atoms with van der Waals surface area (Å²) >= 11 is 5.81. The summed E-state index contributed by atoms with van der Waals surface area (Å²) in [5.41, 5.74) is 0.407. The largest absolute Gasteiger partial charge is 0.465 e. The van der Waals surface area contributed by atoms with E-state index in [1.54, 1.807) is 0 Å². The molecule has 0 bridgehead atoms. The van der Waals surface area contributed by atoms with E-state index in [0.717, 1.165) is 42.5 Å². The van der Waals surface area contributed by atoms with Crippen molar-refractivity contribution in [3.05, 3.63) is 52.8 Å². The highest BCUT2D eigenvalue weighted by Gasteiger charge is 2.29.